The van der Waals surface area contributed by atoms with E-state index in [1.165, 1.54) is 0 Å². The quantitative estimate of drug-likeness (QED) is 0.623. The lowest BCUT2D eigenvalue weighted by Gasteiger charge is -2.14. The molecule has 0 radical (unpaired) electrons. The second kappa shape index (κ2) is 4.41. The van der Waals surface area contributed by atoms with Gasteiger partial charge in [0.2, 0.25) is 6.08 Å². The van der Waals surface area contributed by atoms with Crippen LogP contribution in [0.2, 0.25) is 0 Å². The van der Waals surface area contributed by atoms with Gasteiger partial charge in [-0.3, -0.25) is 0 Å². The van der Waals surface area contributed by atoms with Gasteiger partial charge < -0.3 is 9.47 Å². The molecule has 4 nitrogen and oxygen atoms in total. The number of benzene rings is 1. The molecule has 0 aromatic heterocycles. The average molecular weight is 310 g/mol. The first-order chi connectivity index (χ1) is 8.75. The molecule has 1 aliphatic heterocycles. The molecule has 1 heterocycles. The normalized spacial score (nSPS) is 19.6. The molecule has 1 aromatic rings. The van der Waals surface area contributed by atoms with Gasteiger partial charge in [-0.1, -0.05) is 0 Å². The molecule has 3 rings (SSSR count). The van der Waals surface area contributed by atoms with Crippen LogP contribution in [-0.2, 0) is 10.3 Å². The monoisotopic (exact) mass is 309 g/mol. The Labute approximate surface area is 113 Å². The van der Waals surface area contributed by atoms with Crippen LogP contribution in [0.15, 0.2) is 21.6 Å². The van der Waals surface area contributed by atoms with Crippen molar-refractivity contribution in [3.63, 3.8) is 0 Å². The lowest BCUT2D eigenvalue weighted by molar-refractivity contribution is 0.296. The number of fused-ring (bicyclic) bond motifs is 1. The van der Waals surface area contributed by atoms with E-state index in [1.54, 1.807) is 6.08 Å². The highest BCUT2D eigenvalue weighted by Gasteiger charge is 2.45. The molecule has 94 valence electrons. The topological polar surface area (TPSA) is 47.9 Å². The van der Waals surface area contributed by atoms with Gasteiger partial charge in [-0.25, -0.2) is 4.79 Å². The molecule has 0 atom stereocenters. The molecule has 5 heteroatoms. The smallest absolute Gasteiger partial charge is 0.235 e. The molecule has 0 unspecified atom stereocenters. The Morgan fingerprint density at radius 3 is 2.78 bits per heavy atom. The number of nitrogens with zero attached hydrogens (tertiary/aromatic N) is 1. The summed E-state index contributed by atoms with van der Waals surface area (Å²) in [6.07, 6.45) is 4.30. The van der Waals surface area contributed by atoms with Crippen molar-refractivity contribution in [2.75, 3.05) is 13.2 Å². The standard InChI is InChI=1S/C13H12BrNO3/c14-10-6-9(13(2-3-13)15-8-16)7-11-12(10)18-5-1-4-17-11/h6-7H,1-5H2. The number of halogens is 1. The van der Waals surface area contributed by atoms with Crippen molar-refractivity contribution in [3.05, 3.63) is 22.2 Å². The molecule has 18 heavy (non-hydrogen) atoms. The molecular weight excluding hydrogens is 298 g/mol. The average Bonchev–Trinajstić information content (AvgIpc) is 3.13. The van der Waals surface area contributed by atoms with Gasteiger partial charge in [-0.05, 0) is 46.5 Å². The lowest BCUT2D eigenvalue weighted by atomic mass is 10.0. The van der Waals surface area contributed by atoms with Gasteiger partial charge in [0.05, 0.1) is 23.2 Å². The zero-order valence-electron chi connectivity index (χ0n) is 9.74. The van der Waals surface area contributed by atoms with Gasteiger partial charge in [0.25, 0.3) is 0 Å². The van der Waals surface area contributed by atoms with Gasteiger partial charge in [0, 0.05) is 6.42 Å². The lowest BCUT2D eigenvalue weighted by Crippen LogP contribution is -2.04. The minimum atomic E-state index is -0.380. The largest absolute Gasteiger partial charge is 0.490 e. The number of hydrogen-bond acceptors (Lipinski definition) is 4. The predicted molar refractivity (Wildman–Crippen MR) is 68.8 cm³/mol. The molecule has 0 saturated heterocycles. The molecule has 2 aliphatic rings. The summed E-state index contributed by atoms with van der Waals surface area (Å²) in [6.45, 7) is 1.30. The molecule has 0 amide bonds. The van der Waals surface area contributed by atoms with Crippen LogP contribution in [0.1, 0.15) is 24.8 Å². The van der Waals surface area contributed by atoms with Crippen LogP contribution in [0, 0.1) is 0 Å². The summed E-state index contributed by atoms with van der Waals surface area (Å²) < 4.78 is 12.2. The summed E-state index contributed by atoms with van der Waals surface area (Å²) >= 11 is 3.49. The van der Waals surface area contributed by atoms with Crippen molar-refractivity contribution < 1.29 is 14.3 Å². The maximum absolute atomic E-state index is 10.5. The Hall–Kier alpha value is -1.32. The SMILES string of the molecule is O=C=NC1(c2cc(Br)c3c(c2)OCCCO3)CC1. The summed E-state index contributed by atoms with van der Waals surface area (Å²) in [6, 6.07) is 3.89. The number of rotatable bonds is 2. The van der Waals surface area contributed by atoms with Crippen molar-refractivity contribution in [1.82, 2.24) is 0 Å². The molecule has 0 bridgehead atoms. The highest BCUT2D eigenvalue weighted by Crippen LogP contribution is 2.52. The fourth-order valence-electron chi connectivity index (χ4n) is 2.17. The van der Waals surface area contributed by atoms with E-state index < -0.39 is 0 Å². The first-order valence-corrected chi connectivity index (χ1v) is 6.73. The zero-order chi connectivity index (χ0) is 12.6. The summed E-state index contributed by atoms with van der Waals surface area (Å²) in [7, 11) is 0. The molecule has 1 saturated carbocycles. The van der Waals surface area contributed by atoms with Crippen LogP contribution in [0.25, 0.3) is 0 Å². The number of carbonyl (C=O) groups excluding carboxylic acids is 1. The summed E-state index contributed by atoms with van der Waals surface area (Å²) in [5.74, 6) is 1.46. The maximum atomic E-state index is 10.5. The third-order valence-corrected chi connectivity index (χ3v) is 3.91. The van der Waals surface area contributed by atoms with E-state index >= 15 is 0 Å². The zero-order valence-corrected chi connectivity index (χ0v) is 11.3. The first-order valence-electron chi connectivity index (χ1n) is 5.94. The summed E-state index contributed by atoms with van der Waals surface area (Å²) in [5.41, 5.74) is 0.608. The highest BCUT2D eigenvalue weighted by molar-refractivity contribution is 9.10. The third-order valence-electron chi connectivity index (χ3n) is 3.32. The van der Waals surface area contributed by atoms with Crippen molar-refractivity contribution in [2.45, 2.75) is 24.8 Å². The summed E-state index contributed by atoms with van der Waals surface area (Å²) in [4.78, 5) is 14.4. The molecular formula is C13H12BrNO3. The molecule has 1 aliphatic carbocycles. The molecule has 0 N–H and O–H groups in total. The van der Waals surface area contributed by atoms with Gasteiger partial charge >= 0.3 is 0 Å². The fourth-order valence-corrected chi connectivity index (χ4v) is 2.73. The van der Waals surface area contributed by atoms with E-state index in [1.807, 2.05) is 12.1 Å². The van der Waals surface area contributed by atoms with E-state index in [0.717, 1.165) is 40.8 Å². The predicted octanol–water partition coefficient (Wildman–Crippen LogP) is 2.94. The molecule has 0 spiro atoms. The highest BCUT2D eigenvalue weighted by atomic mass is 79.9. The molecule has 1 fully saturated rings. The van der Waals surface area contributed by atoms with Crippen molar-refractivity contribution >= 4 is 22.0 Å². The number of ether oxygens (including phenoxy) is 2. The van der Waals surface area contributed by atoms with Gasteiger partial charge in [-0.2, -0.15) is 4.99 Å². The Bertz CT molecular complexity index is 533. The van der Waals surface area contributed by atoms with E-state index in [2.05, 4.69) is 20.9 Å². The van der Waals surface area contributed by atoms with Crippen LogP contribution >= 0.6 is 15.9 Å². The Kier molecular flexibility index (Phi) is 2.88. The third kappa shape index (κ3) is 1.93. The van der Waals surface area contributed by atoms with Gasteiger partial charge in [0.15, 0.2) is 11.5 Å². The van der Waals surface area contributed by atoms with Crippen molar-refractivity contribution in [2.24, 2.45) is 4.99 Å². The van der Waals surface area contributed by atoms with Crippen LogP contribution in [0.3, 0.4) is 0 Å². The van der Waals surface area contributed by atoms with Gasteiger partial charge in [0.1, 0.15) is 0 Å². The van der Waals surface area contributed by atoms with Crippen LogP contribution in [0.4, 0.5) is 0 Å². The van der Waals surface area contributed by atoms with Crippen LogP contribution in [0.5, 0.6) is 11.5 Å². The fraction of sp³-hybridized carbons (Fsp3) is 0.462. The second-order valence-electron chi connectivity index (χ2n) is 4.57. The van der Waals surface area contributed by atoms with Crippen LogP contribution < -0.4 is 9.47 Å². The Morgan fingerprint density at radius 2 is 2.06 bits per heavy atom. The minimum Gasteiger partial charge on any atom is -0.490 e. The minimum absolute atomic E-state index is 0.380. The number of aliphatic imine (C=N–C) groups is 1. The van der Waals surface area contributed by atoms with Crippen LogP contribution in [-0.4, -0.2) is 19.3 Å². The maximum Gasteiger partial charge on any atom is 0.235 e. The molecule has 1 aromatic carbocycles. The van der Waals surface area contributed by atoms with Crippen molar-refractivity contribution in [3.8, 4) is 11.5 Å². The second-order valence-corrected chi connectivity index (χ2v) is 5.42. The number of isocyanates is 1. The van der Waals surface area contributed by atoms with E-state index in [0.29, 0.717) is 13.2 Å². The Morgan fingerprint density at radius 1 is 1.28 bits per heavy atom. The Balaban J connectivity index is 2.06. The van der Waals surface area contributed by atoms with E-state index in [9.17, 15) is 4.79 Å². The van der Waals surface area contributed by atoms with Crippen molar-refractivity contribution in [1.29, 1.82) is 0 Å². The van der Waals surface area contributed by atoms with E-state index in [4.69, 9.17) is 9.47 Å². The first kappa shape index (κ1) is 11.8. The number of hydrogen-bond donors (Lipinski definition) is 0. The van der Waals surface area contributed by atoms with E-state index in [-0.39, 0.29) is 5.54 Å². The summed E-state index contributed by atoms with van der Waals surface area (Å²) in [5, 5.41) is 0. The van der Waals surface area contributed by atoms with Gasteiger partial charge in [-0.15, -0.1) is 0 Å².